The summed E-state index contributed by atoms with van der Waals surface area (Å²) in [4.78, 5) is 25.3. The second-order valence-corrected chi connectivity index (χ2v) is 6.82. The maximum Gasteiger partial charge on any atom is 0.249 e. The largest absolute Gasteiger partial charge is 0.273 e. The first kappa shape index (κ1) is 16.5. The lowest BCUT2D eigenvalue weighted by Gasteiger charge is -2.40. The van der Waals surface area contributed by atoms with Gasteiger partial charge in [-0.15, -0.1) is 0 Å². The summed E-state index contributed by atoms with van der Waals surface area (Å²) in [5.41, 5.74) is 6.10. The van der Waals surface area contributed by atoms with Crippen molar-refractivity contribution in [3.63, 3.8) is 0 Å². The molecular weight excluding hydrogens is 300 g/mol. The molecule has 0 bridgehead atoms. The highest BCUT2D eigenvalue weighted by molar-refractivity contribution is 6.04. The molecule has 1 aromatic rings. The minimum Gasteiger partial charge on any atom is -0.273 e. The summed E-state index contributed by atoms with van der Waals surface area (Å²) in [6.45, 7) is 4.17. The Kier molecular flexibility index (Phi) is 4.84. The van der Waals surface area contributed by atoms with Crippen LogP contribution in [-0.4, -0.2) is 11.8 Å². The second-order valence-electron chi connectivity index (χ2n) is 6.82. The quantitative estimate of drug-likeness (QED) is 0.861. The van der Waals surface area contributed by atoms with Gasteiger partial charge in [0.1, 0.15) is 0 Å². The maximum absolute atomic E-state index is 12.8. The number of hydrazine groups is 1. The highest BCUT2D eigenvalue weighted by Gasteiger charge is 2.44. The average molecular weight is 324 g/mol. The van der Waals surface area contributed by atoms with Crippen LogP contribution in [-0.2, 0) is 9.59 Å². The van der Waals surface area contributed by atoms with Gasteiger partial charge in [-0.25, -0.2) is 5.01 Å². The maximum atomic E-state index is 12.8. The lowest BCUT2D eigenvalue weighted by molar-refractivity contribution is -0.140. The molecular formula is C20H24N2O2. The predicted molar refractivity (Wildman–Crippen MR) is 95.0 cm³/mol. The molecule has 1 N–H and O–H groups in total. The fourth-order valence-corrected chi connectivity index (χ4v) is 3.47. The van der Waals surface area contributed by atoms with E-state index in [0.717, 1.165) is 24.9 Å². The molecule has 0 radical (unpaired) electrons. The SMILES string of the molecule is CC(C)=CC/C=C1/CC[C@H]2C(=O)N(c3ccccc3)NC(=O)[C@@H]2C1. The number of rotatable bonds is 3. The van der Waals surface area contributed by atoms with Gasteiger partial charge in [-0.3, -0.25) is 15.0 Å². The Labute approximate surface area is 143 Å². The number of nitrogens with one attached hydrogen (secondary N) is 1. The minimum absolute atomic E-state index is 0.00847. The van der Waals surface area contributed by atoms with Crippen molar-refractivity contribution in [3.8, 4) is 0 Å². The van der Waals surface area contributed by atoms with E-state index >= 15 is 0 Å². The van der Waals surface area contributed by atoms with E-state index in [1.54, 1.807) is 0 Å². The number of carbonyl (C=O) groups is 2. The van der Waals surface area contributed by atoms with E-state index in [9.17, 15) is 9.59 Å². The standard InChI is InChI=1S/C20H24N2O2/c1-14(2)7-6-8-15-11-12-17-18(13-15)19(23)21-22(20(17)24)16-9-4-3-5-10-16/h3-5,7-10,17-18H,6,11-13H2,1-2H3,(H,21,23)/b15-8-/t17-,18-/m1/s1. The monoisotopic (exact) mass is 324 g/mol. The van der Waals surface area contributed by atoms with E-state index in [1.807, 2.05) is 30.3 Å². The lowest BCUT2D eigenvalue weighted by Crippen LogP contribution is -2.59. The number of allylic oxidation sites excluding steroid dienone is 4. The Hall–Kier alpha value is -2.36. The summed E-state index contributed by atoms with van der Waals surface area (Å²) >= 11 is 0. The fraction of sp³-hybridized carbons (Fsp3) is 0.400. The third-order valence-electron chi connectivity index (χ3n) is 4.79. The lowest BCUT2D eigenvalue weighted by atomic mass is 9.74. The van der Waals surface area contributed by atoms with Crippen molar-refractivity contribution in [1.82, 2.24) is 5.43 Å². The molecule has 1 heterocycles. The minimum atomic E-state index is -0.232. The molecule has 0 aromatic heterocycles. The predicted octanol–water partition coefficient (Wildman–Crippen LogP) is 3.76. The van der Waals surface area contributed by atoms with Crippen molar-refractivity contribution in [3.05, 3.63) is 53.6 Å². The van der Waals surface area contributed by atoms with E-state index < -0.39 is 0 Å². The number of benzene rings is 1. The first-order chi connectivity index (χ1) is 11.6. The van der Waals surface area contributed by atoms with Gasteiger partial charge in [0.2, 0.25) is 11.8 Å². The topological polar surface area (TPSA) is 49.4 Å². The van der Waals surface area contributed by atoms with Crippen LogP contribution in [0.3, 0.4) is 0 Å². The summed E-state index contributed by atoms with van der Waals surface area (Å²) < 4.78 is 0. The second kappa shape index (κ2) is 7.04. The van der Waals surface area contributed by atoms with Crippen LogP contribution in [0.5, 0.6) is 0 Å². The van der Waals surface area contributed by atoms with Gasteiger partial charge in [0.15, 0.2) is 0 Å². The molecule has 4 nitrogen and oxygen atoms in total. The van der Waals surface area contributed by atoms with Crippen LogP contribution >= 0.6 is 0 Å². The first-order valence-electron chi connectivity index (χ1n) is 8.57. The van der Waals surface area contributed by atoms with E-state index in [1.165, 1.54) is 16.2 Å². The van der Waals surface area contributed by atoms with E-state index in [2.05, 4.69) is 31.4 Å². The smallest absolute Gasteiger partial charge is 0.249 e. The molecule has 0 unspecified atom stereocenters. The summed E-state index contributed by atoms with van der Waals surface area (Å²) in [6.07, 6.45) is 7.65. The highest BCUT2D eigenvalue weighted by atomic mass is 16.2. The molecule has 2 atom stereocenters. The first-order valence-corrected chi connectivity index (χ1v) is 8.57. The van der Waals surface area contributed by atoms with Gasteiger partial charge in [0, 0.05) is 0 Å². The van der Waals surface area contributed by atoms with Crippen LogP contribution in [0.15, 0.2) is 53.6 Å². The van der Waals surface area contributed by atoms with Crippen molar-refractivity contribution in [2.75, 3.05) is 5.01 Å². The molecule has 1 aliphatic carbocycles. The average Bonchev–Trinajstić information content (AvgIpc) is 2.58. The number of nitrogens with zero attached hydrogens (tertiary/aromatic N) is 1. The van der Waals surface area contributed by atoms with Crippen LogP contribution in [0.4, 0.5) is 5.69 Å². The zero-order valence-corrected chi connectivity index (χ0v) is 14.3. The van der Waals surface area contributed by atoms with E-state index in [-0.39, 0.29) is 23.7 Å². The van der Waals surface area contributed by atoms with Crippen LogP contribution in [0.25, 0.3) is 0 Å². The fourth-order valence-electron chi connectivity index (χ4n) is 3.47. The van der Waals surface area contributed by atoms with Crippen molar-refractivity contribution in [2.24, 2.45) is 11.8 Å². The molecule has 2 amide bonds. The number of fused-ring (bicyclic) bond motifs is 1. The summed E-state index contributed by atoms with van der Waals surface area (Å²) in [5, 5.41) is 1.42. The molecule has 1 saturated heterocycles. The Morgan fingerprint density at radius 2 is 1.96 bits per heavy atom. The van der Waals surface area contributed by atoms with Crippen molar-refractivity contribution >= 4 is 17.5 Å². The molecule has 2 aliphatic rings. The van der Waals surface area contributed by atoms with Gasteiger partial charge in [0.25, 0.3) is 0 Å². The van der Waals surface area contributed by atoms with Gasteiger partial charge >= 0.3 is 0 Å². The van der Waals surface area contributed by atoms with Crippen LogP contribution in [0, 0.1) is 11.8 Å². The molecule has 2 fully saturated rings. The molecule has 1 aliphatic heterocycles. The Morgan fingerprint density at radius 3 is 2.67 bits per heavy atom. The van der Waals surface area contributed by atoms with Crippen LogP contribution < -0.4 is 10.4 Å². The van der Waals surface area contributed by atoms with Gasteiger partial charge in [-0.1, -0.05) is 41.5 Å². The molecule has 4 heteroatoms. The highest BCUT2D eigenvalue weighted by Crippen LogP contribution is 2.38. The van der Waals surface area contributed by atoms with E-state index in [0.29, 0.717) is 6.42 Å². The molecule has 3 rings (SSSR count). The Morgan fingerprint density at radius 1 is 1.21 bits per heavy atom. The number of hydrogen-bond acceptors (Lipinski definition) is 2. The third-order valence-corrected chi connectivity index (χ3v) is 4.79. The number of carbonyl (C=O) groups excluding carboxylic acids is 2. The van der Waals surface area contributed by atoms with Crippen LogP contribution in [0.2, 0.25) is 0 Å². The van der Waals surface area contributed by atoms with Gasteiger partial charge in [-0.2, -0.15) is 0 Å². The van der Waals surface area contributed by atoms with Crippen molar-refractivity contribution < 1.29 is 9.59 Å². The molecule has 1 saturated carbocycles. The van der Waals surface area contributed by atoms with Crippen LogP contribution in [0.1, 0.15) is 39.5 Å². The van der Waals surface area contributed by atoms with Gasteiger partial charge < -0.3 is 0 Å². The normalized spacial score (nSPS) is 25.2. The van der Waals surface area contributed by atoms with E-state index in [4.69, 9.17) is 0 Å². The number of hydrogen-bond donors (Lipinski definition) is 1. The molecule has 0 spiro atoms. The summed E-state index contributed by atoms with van der Waals surface area (Å²) in [7, 11) is 0. The zero-order chi connectivity index (χ0) is 17.1. The molecule has 1 aromatic carbocycles. The number of anilines is 1. The molecule has 126 valence electrons. The molecule has 24 heavy (non-hydrogen) atoms. The van der Waals surface area contributed by atoms with Crippen molar-refractivity contribution in [2.45, 2.75) is 39.5 Å². The zero-order valence-electron chi connectivity index (χ0n) is 14.3. The van der Waals surface area contributed by atoms with Gasteiger partial charge in [0.05, 0.1) is 17.5 Å². The third kappa shape index (κ3) is 3.42. The number of para-hydroxylation sites is 1. The number of amides is 2. The Balaban J connectivity index is 1.74. The Bertz CT molecular complexity index is 687. The van der Waals surface area contributed by atoms with Crippen molar-refractivity contribution in [1.29, 1.82) is 0 Å². The van der Waals surface area contributed by atoms with Gasteiger partial charge in [-0.05, 0) is 51.7 Å². The summed E-state index contributed by atoms with van der Waals surface area (Å²) in [5.74, 6) is -0.478. The summed E-state index contributed by atoms with van der Waals surface area (Å²) in [6, 6.07) is 9.31.